The van der Waals surface area contributed by atoms with E-state index in [9.17, 15) is 4.79 Å². The largest absolute Gasteiger partial charge is 0.307 e. The number of hydrogen-bond donors (Lipinski definition) is 1. The summed E-state index contributed by atoms with van der Waals surface area (Å²) in [6.07, 6.45) is 4.26. The molecule has 1 saturated carbocycles. The fraction of sp³-hybridized carbons (Fsp3) is 0.385. The lowest BCUT2D eigenvalue weighted by molar-refractivity contribution is 0.102. The molecule has 1 amide bonds. The standard InChI is InChI=1S/C13H15N3OS/c1-9(10-2-3-10)16-12(4-6-14-16)15-13(17)11-5-7-18-8-11/h4-10H,2-3H2,1H3,(H,15,17). The maximum absolute atomic E-state index is 12.0. The van der Waals surface area contributed by atoms with Crippen molar-refractivity contribution >= 4 is 23.1 Å². The number of anilines is 1. The smallest absolute Gasteiger partial charge is 0.257 e. The average Bonchev–Trinajstić information content (AvgIpc) is 2.90. The van der Waals surface area contributed by atoms with E-state index in [0.717, 1.165) is 5.82 Å². The molecule has 3 rings (SSSR count). The number of nitrogens with zero attached hydrogens (tertiary/aromatic N) is 2. The Hall–Kier alpha value is -1.62. The predicted molar refractivity (Wildman–Crippen MR) is 71.9 cm³/mol. The van der Waals surface area contributed by atoms with Crippen molar-refractivity contribution in [1.82, 2.24) is 9.78 Å². The molecule has 0 aromatic carbocycles. The molecule has 1 fully saturated rings. The van der Waals surface area contributed by atoms with Gasteiger partial charge >= 0.3 is 0 Å². The predicted octanol–water partition coefficient (Wildman–Crippen LogP) is 3.17. The van der Waals surface area contributed by atoms with Crippen molar-refractivity contribution < 1.29 is 4.79 Å². The van der Waals surface area contributed by atoms with E-state index in [1.54, 1.807) is 6.20 Å². The Balaban J connectivity index is 1.76. The fourth-order valence-corrected chi connectivity index (χ4v) is 2.73. The molecular weight excluding hydrogens is 246 g/mol. The third kappa shape index (κ3) is 2.18. The summed E-state index contributed by atoms with van der Waals surface area (Å²) in [6, 6.07) is 4.03. The number of thiophene rings is 1. The number of carbonyl (C=O) groups excluding carboxylic acids is 1. The molecule has 2 aromatic heterocycles. The minimum atomic E-state index is -0.0685. The molecule has 2 aromatic rings. The highest BCUT2D eigenvalue weighted by Crippen LogP contribution is 2.40. The number of amides is 1. The van der Waals surface area contributed by atoms with E-state index in [1.165, 1.54) is 24.2 Å². The summed E-state index contributed by atoms with van der Waals surface area (Å²) in [6.45, 7) is 2.16. The van der Waals surface area contributed by atoms with Crippen LogP contribution in [0.2, 0.25) is 0 Å². The van der Waals surface area contributed by atoms with Crippen LogP contribution >= 0.6 is 11.3 Å². The van der Waals surface area contributed by atoms with Gasteiger partial charge in [0.1, 0.15) is 5.82 Å². The third-order valence-electron chi connectivity index (χ3n) is 3.39. The number of aromatic nitrogens is 2. The molecule has 1 atom stereocenters. The molecule has 1 N–H and O–H groups in total. The molecule has 0 spiro atoms. The second-order valence-electron chi connectivity index (χ2n) is 4.71. The number of carbonyl (C=O) groups is 1. The zero-order valence-electron chi connectivity index (χ0n) is 10.2. The second kappa shape index (κ2) is 4.57. The van der Waals surface area contributed by atoms with Crippen LogP contribution in [0.15, 0.2) is 29.1 Å². The Bertz CT molecular complexity index is 542. The van der Waals surface area contributed by atoms with Gasteiger partial charge in [-0.1, -0.05) is 0 Å². The van der Waals surface area contributed by atoms with Gasteiger partial charge in [0.2, 0.25) is 0 Å². The average molecular weight is 261 g/mol. The zero-order chi connectivity index (χ0) is 12.5. The summed E-state index contributed by atoms with van der Waals surface area (Å²) < 4.78 is 1.92. The Morgan fingerprint density at radius 1 is 1.56 bits per heavy atom. The first-order valence-corrected chi connectivity index (χ1v) is 7.07. The summed E-state index contributed by atoms with van der Waals surface area (Å²) in [5.41, 5.74) is 0.701. The van der Waals surface area contributed by atoms with Crippen LogP contribution in [0.4, 0.5) is 5.82 Å². The Labute approximate surface area is 110 Å². The van der Waals surface area contributed by atoms with Crippen molar-refractivity contribution in [1.29, 1.82) is 0 Å². The quantitative estimate of drug-likeness (QED) is 0.919. The summed E-state index contributed by atoms with van der Waals surface area (Å²) >= 11 is 1.52. The minimum Gasteiger partial charge on any atom is -0.307 e. The molecule has 1 unspecified atom stereocenters. The van der Waals surface area contributed by atoms with Crippen LogP contribution in [0.3, 0.4) is 0 Å². The molecule has 1 aliphatic rings. The summed E-state index contributed by atoms with van der Waals surface area (Å²) in [7, 11) is 0. The van der Waals surface area contributed by atoms with Gasteiger partial charge in [-0.25, -0.2) is 4.68 Å². The van der Waals surface area contributed by atoms with E-state index in [-0.39, 0.29) is 5.91 Å². The first-order valence-electron chi connectivity index (χ1n) is 6.13. The minimum absolute atomic E-state index is 0.0685. The topological polar surface area (TPSA) is 46.9 Å². The lowest BCUT2D eigenvalue weighted by atomic mass is 10.2. The molecule has 94 valence electrons. The molecule has 4 nitrogen and oxygen atoms in total. The molecule has 5 heteroatoms. The van der Waals surface area contributed by atoms with E-state index >= 15 is 0 Å². The van der Waals surface area contributed by atoms with Gasteiger partial charge in [-0.2, -0.15) is 16.4 Å². The van der Waals surface area contributed by atoms with Gasteiger partial charge in [-0.05, 0) is 37.1 Å². The monoisotopic (exact) mass is 261 g/mol. The molecule has 0 radical (unpaired) electrons. The molecule has 2 heterocycles. The van der Waals surface area contributed by atoms with Crippen molar-refractivity contribution in [2.24, 2.45) is 5.92 Å². The molecule has 1 aliphatic carbocycles. The van der Waals surface area contributed by atoms with E-state index in [1.807, 2.05) is 27.6 Å². The highest BCUT2D eigenvalue weighted by atomic mass is 32.1. The van der Waals surface area contributed by atoms with Gasteiger partial charge in [0.05, 0.1) is 17.8 Å². The number of hydrogen-bond acceptors (Lipinski definition) is 3. The highest BCUT2D eigenvalue weighted by molar-refractivity contribution is 7.08. The van der Waals surface area contributed by atoms with Gasteiger partial charge < -0.3 is 5.32 Å². The van der Waals surface area contributed by atoms with Gasteiger partial charge in [-0.15, -0.1) is 0 Å². The maximum atomic E-state index is 12.0. The summed E-state index contributed by atoms with van der Waals surface area (Å²) in [5.74, 6) is 1.42. The number of nitrogens with one attached hydrogen (secondary N) is 1. The Morgan fingerprint density at radius 2 is 2.39 bits per heavy atom. The Morgan fingerprint density at radius 3 is 3.06 bits per heavy atom. The summed E-state index contributed by atoms with van der Waals surface area (Å²) in [5, 5.41) is 11.0. The van der Waals surface area contributed by atoms with Crippen molar-refractivity contribution in [3.63, 3.8) is 0 Å². The van der Waals surface area contributed by atoms with Crippen LogP contribution in [-0.2, 0) is 0 Å². The van der Waals surface area contributed by atoms with Crippen molar-refractivity contribution in [3.05, 3.63) is 34.7 Å². The van der Waals surface area contributed by atoms with E-state index in [4.69, 9.17) is 0 Å². The first kappa shape index (κ1) is 11.5. The highest BCUT2D eigenvalue weighted by Gasteiger charge is 2.30. The van der Waals surface area contributed by atoms with Gasteiger partial charge in [0.25, 0.3) is 5.91 Å². The van der Waals surface area contributed by atoms with Crippen molar-refractivity contribution in [3.8, 4) is 0 Å². The van der Waals surface area contributed by atoms with Crippen LogP contribution in [0.5, 0.6) is 0 Å². The lowest BCUT2D eigenvalue weighted by Gasteiger charge is -2.15. The van der Waals surface area contributed by atoms with Crippen LogP contribution in [-0.4, -0.2) is 15.7 Å². The van der Waals surface area contributed by atoms with E-state index in [2.05, 4.69) is 17.3 Å². The van der Waals surface area contributed by atoms with E-state index < -0.39 is 0 Å². The Kier molecular flexibility index (Phi) is 2.91. The van der Waals surface area contributed by atoms with Crippen LogP contribution in [0, 0.1) is 5.92 Å². The SMILES string of the molecule is CC(C1CC1)n1nccc1NC(=O)c1ccsc1. The maximum Gasteiger partial charge on any atom is 0.257 e. The number of rotatable bonds is 4. The van der Waals surface area contributed by atoms with Crippen LogP contribution < -0.4 is 5.32 Å². The van der Waals surface area contributed by atoms with Gasteiger partial charge in [-0.3, -0.25) is 4.79 Å². The zero-order valence-corrected chi connectivity index (χ0v) is 11.0. The van der Waals surface area contributed by atoms with Gasteiger partial charge in [0, 0.05) is 11.4 Å². The van der Waals surface area contributed by atoms with E-state index in [0.29, 0.717) is 17.5 Å². The van der Waals surface area contributed by atoms with Gasteiger partial charge in [0.15, 0.2) is 0 Å². The first-order chi connectivity index (χ1) is 8.75. The fourth-order valence-electron chi connectivity index (χ4n) is 2.10. The molecule has 0 bridgehead atoms. The lowest BCUT2D eigenvalue weighted by Crippen LogP contribution is -2.18. The van der Waals surface area contributed by atoms with Crippen molar-refractivity contribution in [2.45, 2.75) is 25.8 Å². The molecular formula is C13H15N3OS. The van der Waals surface area contributed by atoms with Crippen molar-refractivity contribution in [2.75, 3.05) is 5.32 Å². The molecule has 18 heavy (non-hydrogen) atoms. The van der Waals surface area contributed by atoms with Crippen LogP contribution in [0.1, 0.15) is 36.2 Å². The second-order valence-corrected chi connectivity index (χ2v) is 5.49. The molecule has 0 aliphatic heterocycles. The van der Waals surface area contributed by atoms with Crippen LogP contribution in [0.25, 0.3) is 0 Å². The molecule has 0 saturated heterocycles. The summed E-state index contributed by atoms with van der Waals surface area (Å²) in [4.78, 5) is 12.0. The normalized spacial score (nSPS) is 16.5. The third-order valence-corrected chi connectivity index (χ3v) is 4.07.